The number of hydrogen-bond acceptors (Lipinski definition) is 10. The smallest absolute Gasteiger partial charge is 0.187 e. The largest absolute Gasteiger partial charge is 0.394 e. The Labute approximate surface area is 126 Å². The van der Waals surface area contributed by atoms with Gasteiger partial charge in [-0.1, -0.05) is 0 Å². The fourth-order valence-corrected chi connectivity index (χ4v) is 2.09. The molecular weight excluding hydrogens is 304 g/mol. The van der Waals surface area contributed by atoms with Crippen molar-refractivity contribution < 1.29 is 50.0 Å². The fourth-order valence-electron chi connectivity index (χ4n) is 2.09. The minimum absolute atomic E-state index is 0.0384. The number of aliphatic hydroxyl groups excluding tert-OH is 7. The lowest BCUT2D eigenvalue weighted by atomic mass is 9.98. The van der Waals surface area contributed by atoms with E-state index in [-0.39, 0.29) is 6.29 Å². The summed E-state index contributed by atoms with van der Waals surface area (Å²) in [6, 6.07) is 0. The average Bonchev–Trinajstić information content (AvgIpc) is 2.50. The summed E-state index contributed by atoms with van der Waals surface area (Å²) in [5, 5.41) is 66.7. The lowest BCUT2D eigenvalue weighted by Crippen LogP contribution is -2.61. The summed E-state index contributed by atoms with van der Waals surface area (Å²) < 4.78 is 10.2. The highest BCUT2D eigenvalue weighted by molar-refractivity contribution is 5.56. The zero-order valence-corrected chi connectivity index (χ0v) is 11.8. The van der Waals surface area contributed by atoms with Gasteiger partial charge in [-0.3, -0.25) is 0 Å². The van der Waals surface area contributed by atoms with Gasteiger partial charge >= 0.3 is 0 Å². The van der Waals surface area contributed by atoms with Crippen molar-refractivity contribution in [3.05, 3.63) is 0 Å². The number of carbonyl (C=O) groups is 1. The Bertz CT molecular complexity index is 349. The molecule has 1 saturated heterocycles. The van der Waals surface area contributed by atoms with Crippen molar-refractivity contribution in [1.82, 2.24) is 0 Å². The Balaban J connectivity index is 2.85. The second-order valence-electron chi connectivity index (χ2n) is 5.16. The number of rotatable bonds is 7. The van der Waals surface area contributed by atoms with Crippen LogP contribution in [-0.4, -0.2) is 104 Å². The molecule has 7 N–H and O–H groups in total. The number of hydrogen-bond donors (Lipinski definition) is 7. The number of aliphatic hydroxyl groups is 7. The third-order valence-corrected chi connectivity index (χ3v) is 3.44. The maximum atomic E-state index is 10.5. The summed E-state index contributed by atoms with van der Waals surface area (Å²) in [7, 11) is 0. The topological polar surface area (TPSA) is 177 Å². The molecule has 1 rings (SSSR count). The van der Waals surface area contributed by atoms with Crippen LogP contribution in [0.25, 0.3) is 0 Å². The number of ether oxygens (including phenoxy) is 2. The van der Waals surface area contributed by atoms with E-state index >= 15 is 0 Å². The van der Waals surface area contributed by atoms with Crippen LogP contribution >= 0.6 is 0 Å². The number of carbonyl (C=O) groups excluding carboxylic acids is 1. The van der Waals surface area contributed by atoms with Gasteiger partial charge in [0.05, 0.1) is 12.7 Å². The molecular formula is C12H22O10. The van der Waals surface area contributed by atoms with Crippen LogP contribution in [-0.2, 0) is 14.3 Å². The van der Waals surface area contributed by atoms with E-state index in [0.717, 1.165) is 0 Å². The van der Waals surface area contributed by atoms with Crippen LogP contribution < -0.4 is 0 Å². The Hall–Kier alpha value is -0.690. The van der Waals surface area contributed by atoms with Crippen LogP contribution in [0.4, 0.5) is 0 Å². The highest BCUT2D eigenvalue weighted by Gasteiger charge is 2.46. The van der Waals surface area contributed by atoms with Crippen molar-refractivity contribution in [3.63, 3.8) is 0 Å². The normalized spacial score (nSPS) is 38.1. The Morgan fingerprint density at radius 3 is 2.18 bits per heavy atom. The van der Waals surface area contributed by atoms with E-state index in [1.807, 2.05) is 0 Å². The van der Waals surface area contributed by atoms with Crippen LogP contribution in [0.1, 0.15) is 6.92 Å². The summed E-state index contributed by atoms with van der Waals surface area (Å²) in [6.07, 6.45) is -14.4. The van der Waals surface area contributed by atoms with Crippen molar-refractivity contribution in [2.24, 2.45) is 0 Å². The summed E-state index contributed by atoms with van der Waals surface area (Å²) in [6.45, 7) is 0.527. The maximum absolute atomic E-state index is 10.5. The van der Waals surface area contributed by atoms with Crippen LogP contribution in [0.5, 0.6) is 0 Å². The quantitative estimate of drug-likeness (QED) is 0.225. The summed E-state index contributed by atoms with van der Waals surface area (Å²) in [5.41, 5.74) is 0. The van der Waals surface area contributed by atoms with Crippen molar-refractivity contribution in [2.45, 2.75) is 62.0 Å². The molecule has 0 aromatic rings. The highest BCUT2D eigenvalue weighted by Crippen LogP contribution is 2.24. The van der Waals surface area contributed by atoms with E-state index in [1.165, 1.54) is 6.92 Å². The average molecular weight is 326 g/mol. The Kier molecular flexibility index (Phi) is 7.25. The Morgan fingerprint density at radius 2 is 1.73 bits per heavy atom. The molecule has 0 bridgehead atoms. The molecule has 1 heterocycles. The van der Waals surface area contributed by atoms with Gasteiger partial charge in [0, 0.05) is 0 Å². The molecule has 10 heteroatoms. The summed E-state index contributed by atoms with van der Waals surface area (Å²) in [4.78, 5) is 10.5. The van der Waals surface area contributed by atoms with Crippen LogP contribution in [0.3, 0.4) is 0 Å². The van der Waals surface area contributed by atoms with E-state index in [0.29, 0.717) is 0 Å². The molecule has 0 amide bonds. The first kappa shape index (κ1) is 19.4. The van der Waals surface area contributed by atoms with Gasteiger partial charge in [0.25, 0.3) is 0 Å². The molecule has 130 valence electrons. The molecule has 0 aromatic heterocycles. The zero-order valence-electron chi connectivity index (χ0n) is 11.8. The fraction of sp³-hybridized carbons (Fsp3) is 0.917. The minimum Gasteiger partial charge on any atom is -0.394 e. The van der Waals surface area contributed by atoms with Crippen molar-refractivity contribution in [2.75, 3.05) is 6.61 Å². The predicted octanol–water partition coefficient (Wildman–Crippen LogP) is -4.53. The van der Waals surface area contributed by atoms with Gasteiger partial charge in [-0.15, -0.1) is 0 Å². The second-order valence-corrected chi connectivity index (χ2v) is 5.16. The second kappa shape index (κ2) is 8.24. The molecule has 1 aliphatic heterocycles. The monoisotopic (exact) mass is 326 g/mol. The molecule has 0 saturated carbocycles. The van der Waals surface area contributed by atoms with Gasteiger partial charge in [0.2, 0.25) is 0 Å². The molecule has 9 atom stereocenters. The van der Waals surface area contributed by atoms with Crippen molar-refractivity contribution in [1.29, 1.82) is 0 Å². The molecule has 22 heavy (non-hydrogen) atoms. The first-order valence-corrected chi connectivity index (χ1v) is 6.70. The molecule has 0 spiro atoms. The first-order valence-electron chi connectivity index (χ1n) is 6.70. The maximum Gasteiger partial charge on any atom is 0.187 e. The van der Waals surface area contributed by atoms with Gasteiger partial charge in [-0.25, -0.2) is 0 Å². The summed E-state index contributed by atoms with van der Waals surface area (Å²) >= 11 is 0. The van der Waals surface area contributed by atoms with Crippen LogP contribution in [0.2, 0.25) is 0 Å². The van der Waals surface area contributed by atoms with E-state index in [4.69, 9.17) is 14.6 Å². The van der Waals surface area contributed by atoms with E-state index in [9.17, 15) is 35.4 Å². The lowest BCUT2D eigenvalue weighted by Gasteiger charge is -2.41. The van der Waals surface area contributed by atoms with Gasteiger partial charge in [-0.05, 0) is 6.92 Å². The van der Waals surface area contributed by atoms with E-state index in [2.05, 4.69) is 0 Å². The Morgan fingerprint density at radius 1 is 1.14 bits per heavy atom. The summed E-state index contributed by atoms with van der Waals surface area (Å²) in [5.74, 6) is 0. The SMILES string of the molecule is CC(O)C(OC1OC(CO)C(O)C(O)C1O)C(O)C(O)C=O. The standard InChI is InChI=1S/C12H22O10/c1-4(15)11(7(17)5(16)2-13)22-12-10(20)9(19)8(18)6(3-14)21-12/h2,4-12,14-20H,3H2,1H3. The molecule has 1 fully saturated rings. The van der Waals surface area contributed by atoms with Gasteiger partial charge in [0.15, 0.2) is 12.6 Å². The predicted molar refractivity (Wildman–Crippen MR) is 68.4 cm³/mol. The lowest BCUT2D eigenvalue weighted by molar-refractivity contribution is -0.324. The molecule has 1 aliphatic rings. The van der Waals surface area contributed by atoms with Crippen LogP contribution in [0, 0.1) is 0 Å². The third kappa shape index (κ3) is 4.19. The minimum atomic E-state index is -1.84. The van der Waals surface area contributed by atoms with Crippen molar-refractivity contribution >= 4 is 6.29 Å². The van der Waals surface area contributed by atoms with Gasteiger partial charge in [-0.2, -0.15) is 0 Å². The van der Waals surface area contributed by atoms with E-state index in [1.54, 1.807) is 0 Å². The number of aldehydes is 1. The third-order valence-electron chi connectivity index (χ3n) is 3.44. The van der Waals surface area contributed by atoms with E-state index < -0.39 is 61.7 Å². The molecule has 9 unspecified atom stereocenters. The highest BCUT2D eigenvalue weighted by atomic mass is 16.7. The van der Waals surface area contributed by atoms with Gasteiger partial charge in [0.1, 0.15) is 42.7 Å². The first-order chi connectivity index (χ1) is 10.2. The van der Waals surface area contributed by atoms with Gasteiger partial charge < -0.3 is 50.0 Å². The molecule has 10 nitrogen and oxygen atoms in total. The molecule has 0 aliphatic carbocycles. The zero-order chi connectivity index (χ0) is 17.0. The molecule has 0 aromatic carbocycles. The van der Waals surface area contributed by atoms with Crippen molar-refractivity contribution in [3.8, 4) is 0 Å². The molecule has 0 radical (unpaired) electrons. The van der Waals surface area contributed by atoms with Crippen LogP contribution in [0.15, 0.2) is 0 Å².